The largest absolute Gasteiger partial charge is 0.426 e. The van der Waals surface area contributed by atoms with Gasteiger partial charge in [-0.1, -0.05) is 84.9 Å². The summed E-state index contributed by atoms with van der Waals surface area (Å²) in [4.78, 5) is 23.2. The Kier molecular flexibility index (Phi) is 8.01. The second-order valence-corrected chi connectivity index (χ2v) is 8.97. The Bertz CT molecular complexity index is 1240. The minimum atomic E-state index is -0.338. The van der Waals surface area contributed by atoms with Crippen LogP contribution in [0.25, 0.3) is 22.3 Å². The van der Waals surface area contributed by atoms with Gasteiger partial charge in [0, 0.05) is 36.5 Å². The van der Waals surface area contributed by atoms with E-state index in [0.29, 0.717) is 11.5 Å². The summed E-state index contributed by atoms with van der Waals surface area (Å²) in [6, 6.07) is 31.6. The molecule has 0 saturated heterocycles. The number of rotatable bonds is 8. The molecule has 0 N–H and O–H groups in total. The summed E-state index contributed by atoms with van der Waals surface area (Å²) in [6.07, 6.45) is 0. The van der Waals surface area contributed by atoms with Crippen molar-refractivity contribution in [2.75, 3.05) is 0 Å². The molecule has 4 aromatic carbocycles. The molecule has 0 heterocycles. The Labute approximate surface area is 209 Å². The molecule has 0 atom stereocenters. The van der Waals surface area contributed by atoms with Crippen LogP contribution < -0.4 is 9.47 Å². The summed E-state index contributed by atoms with van der Waals surface area (Å²) in [5, 5.41) is 0. The number of para-hydroxylation sites is 2. The van der Waals surface area contributed by atoms with Gasteiger partial charge in [0.1, 0.15) is 11.5 Å². The zero-order chi connectivity index (χ0) is 24.6. The quantitative estimate of drug-likeness (QED) is 0.195. The highest BCUT2D eigenvalue weighted by atomic mass is 32.2. The van der Waals surface area contributed by atoms with Crippen molar-refractivity contribution in [1.82, 2.24) is 0 Å². The normalized spacial score (nSPS) is 10.6. The number of carbonyl (C=O) groups is 2. The highest BCUT2D eigenvalue weighted by Gasteiger charge is 2.14. The lowest BCUT2D eigenvalue weighted by Crippen LogP contribution is -2.03. The first-order valence-electron chi connectivity index (χ1n) is 11.3. The summed E-state index contributed by atoms with van der Waals surface area (Å²) < 4.78 is 10.9. The Morgan fingerprint density at radius 1 is 0.543 bits per heavy atom. The van der Waals surface area contributed by atoms with E-state index in [0.717, 1.165) is 44.9 Å². The van der Waals surface area contributed by atoms with E-state index in [4.69, 9.17) is 9.47 Å². The molecule has 4 nitrogen and oxygen atoms in total. The van der Waals surface area contributed by atoms with Gasteiger partial charge in [0.2, 0.25) is 0 Å². The van der Waals surface area contributed by atoms with Crippen LogP contribution in [0.15, 0.2) is 97.1 Å². The number of hydrogen-bond acceptors (Lipinski definition) is 5. The third-order valence-electron chi connectivity index (χ3n) is 5.41. The van der Waals surface area contributed by atoms with Gasteiger partial charge in [-0.05, 0) is 34.4 Å². The van der Waals surface area contributed by atoms with E-state index in [2.05, 4.69) is 24.3 Å². The van der Waals surface area contributed by atoms with Crippen molar-refractivity contribution < 1.29 is 19.1 Å². The molecule has 0 fully saturated rings. The van der Waals surface area contributed by atoms with Crippen LogP contribution in [-0.4, -0.2) is 11.9 Å². The Hall–Kier alpha value is -3.83. The van der Waals surface area contributed by atoms with Gasteiger partial charge in [-0.2, -0.15) is 11.8 Å². The standard InChI is InChI=1S/C30H26O4S/c1-21(31)33-29-17-9-7-15-27(29)25-13-5-3-11-23(25)19-35-20-24-12-4-6-14-26(24)28-16-8-10-18-30(28)34-22(2)32/h3-18H,19-20H2,1-2H3. The van der Waals surface area contributed by atoms with Crippen LogP contribution >= 0.6 is 11.8 Å². The fraction of sp³-hybridized carbons (Fsp3) is 0.133. The lowest BCUT2D eigenvalue weighted by atomic mass is 9.99. The molecule has 0 bridgehead atoms. The molecule has 0 aliphatic carbocycles. The average molecular weight is 483 g/mol. The lowest BCUT2D eigenvalue weighted by Gasteiger charge is -2.15. The number of thioether (sulfide) groups is 1. The number of ether oxygens (including phenoxy) is 2. The molecule has 0 saturated carbocycles. The molecule has 0 unspecified atom stereocenters. The van der Waals surface area contributed by atoms with Gasteiger partial charge in [-0.3, -0.25) is 9.59 Å². The molecule has 5 heteroatoms. The topological polar surface area (TPSA) is 52.6 Å². The van der Waals surface area contributed by atoms with Gasteiger partial charge in [0.25, 0.3) is 0 Å². The van der Waals surface area contributed by atoms with Gasteiger partial charge in [0.05, 0.1) is 0 Å². The number of esters is 2. The van der Waals surface area contributed by atoms with E-state index in [-0.39, 0.29) is 11.9 Å². The molecule has 4 rings (SSSR count). The monoisotopic (exact) mass is 482 g/mol. The van der Waals surface area contributed by atoms with Crippen LogP contribution in [-0.2, 0) is 21.1 Å². The number of hydrogen-bond donors (Lipinski definition) is 0. The fourth-order valence-corrected chi connectivity index (χ4v) is 5.00. The molecule has 0 aliphatic heterocycles. The minimum Gasteiger partial charge on any atom is -0.426 e. The van der Waals surface area contributed by atoms with E-state index in [9.17, 15) is 9.59 Å². The van der Waals surface area contributed by atoms with Crippen molar-refractivity contribution in [2.24, 2.45) is 0 Å². The summed E-state index contributed by atoms with van der Waals surface area (Å²) in [5.74, 6) is 2.01. The third-order valence-corrected chi connectivity index (χ3v) is 6.44. The molecular formula is C30H26O4S. The maximum atomic E-state index is 11.6. The molecule has 0 aromatic heterocycles. The second-order valence-electron chi connectivity index (χ2n) is 7.99. The summed E-state index contributed by atoms with van der Waals surface area (Å²) in [7, 11) is 0. The van der Waals surface area contributed by atoms with E-state index < -0.39 is 0 Å². The van der Waals surface area contributed by atoms with Gasteiger partial charge in [-0.15, -0.1) is 0 Å². The van der Waals surface area contributed by atoms with Crippen molar-refractivity contribution in [3.63, 3.8) is 0 Å². The summed E-state index contributed by atoms with van der Waals surface area (Å²) >= 11 is 1.80. The van der Waals surface area contributed by atoms with E-state index in [1.54, 1.807) is 11.8 Å². The van der Waals surface area contributed by atoms with Crippen molar-refractivity contribution >= 4 is 23.7 Å². The zero-order valence-corrected chi connectivity index (χ0v) is 20.5. The van der Waals surface area contributed by atoms with Crippen LogP contribution in [0.5, 0.6) is 11.5 Å². The number of benzene rings is 4. The summed E-state index contributed by atoms with van der Waals surface area (Å²) in [6.45, 7) is 2.82. The first-order chi connectivity index (χ1) is 17.0. The van der Waals surface area contributed by atoms with Crippen molar-refractivity contribution in [1.29, 1.82) is 0 Å². The van der Waals surface area contributed by atoms with E-state index in [1.165, 1.54) is 13.8 Å². The molecule has 4 aromatic rings. The van der Waals surface area contributed by atoms with Gasteiger partial charge in [0.15, 0.2) is 0 Å². The first-order valence-corrected chi connectivity index (χ1v) is 12.5. The minimum absolute atomic E-state index is 0.338. The van der Waals surface area contributed by atoms with Crippen molar-refractivity contribution in [3.8, 4) is 33.8 Å². The van der Waals surface area contributed by atoms with E-state index in [1.807, 2.05) is 72.8 Å². The van der Waals surface area contributed by atoms with Gasteiger partial charge in [-0.25, -0.2) is 0 Å². The van der Waals surface area contributed by atoms with Crippen LogP contribution in [0.3, 0.4) is 0 Å². The molecular weight excluding hydrogens is 456 g/mol. The van der Waals surface area contributed by atoms with Crippen molar-refractivity contribution in [3.05, 3.63) is 108 Å². The third kappa shape index (κ3) is 6.19. The second kappa shape index (κ2) is 11.5. The van der Waals surface area contributed by atoms with Crippen LogP contribution in [0.2, 0.25) is 0 Å². The highest BCUT2D eigenvalue weighted by Crippen LogP contribution is 2.37. The Balaban J connectivity index is 1.56. The SMILES string of the molecule is CC(=O)Oc1ccccc1-c1ccccc1CSCc1ccccc1-c1ccccc1OC(C)=O. The van der Waals surface area contributed by atoms with Crippen molar-refractivity contribution in [2.45, 2.75) is 25.4 Å². The first kappa shape index (κ1) is 24.3. The predicted octanol–water partition coefficient (Wildman–Crippen LogP) is 7.30. The molecule has 0 radical (unpaired) electrons. The maximum Gasteiger partial charge on any atom is 0.308 e. The molecule has 0 spiro atoms. The molecule has 176 valence electrons. The number of carbonyl (C=O) groups excluding carboxylic acids is 2. The Morgan fingerprint density at radius 2 is 0.886 bits per heavy atom. The van der Waals surface area contributed by atoms with Crippen LogP contribution in [0, 0.1) is 0 Å². The van der Waals surface area contributed by atoms with Crippen LogP contribution in [0.4, 0.5) is 0 Å². The summed E-state index contributed by atoms with van der Waals surface area (Å²) in [5.41, 5.74) is 6.21. The van der Waals surface area contributed by atoms with E-state index >= 15 is 0 Å². The Morgan fingerprint density at radius 3 is 1.29 bits per heavy atom. The molecule has 35 heavy (non-hydrogen) atoms. The fourth-order valence-electron chi connectivity index (χ4n) is 3.95. The highest BCUT2D eigenvalue weighted by molar-refractivity contribution is 7.97. The maximum absolute atomic E-state index is 11.6. The van der Waals surface area contributed by atoms with Gasteiger partial charge >= 0.3 is 11.9 Å². The molecule has 0 aliphatic rings. The average Bonchev–Trinajstić information content (AvgIpc) is 2.85. The predicted molar refractivity (Wildman–Crippen MR) is 141 cm³/mol. The lowest BCUT2D eigenvalue weighted by molar-refractivity contribution is -0.132. The molecule has 0 amide bonds. The zero-order valence-electron chi connectivity index (χ0n) is 19.7. The van der Waals surface area contributed by atoms with Crippen LogP contribution in [0.1, 0.15) is 25.0 Å². The smallest absolute Gasteiger partial charge is 0.308 e. The van der Waals surface area contributed by atoms with Gasteiger partial charge < -0.3 is 9.47 Å².